The number of nitriles is 1. The fourth-order valence-corrected chi connectivity index (χ4v) is 2.32. The molecule has 1 amide bonds. The normalized spacial score (nSPS) is 11.4. The first-order chi connectivity index (χ1) is 14.1. The molecule has 30 heavy (non-hydrogen) atoms. The maximum atomic E-state index is 12.5. The second-order valence-corrected chi connectivity index (χ2v) is 6.36. The molecule has 1 N–H and O–H groups in total. The van der Waals surface area contributed by atoms with Gasteiger partial charge in [-0.25, -0.2) is 4.79 Å². The zero-order chi connectivity index (χ0) is 22.3. The first kappa shape index (κ1) is 22.5. The molecule has 0 fully saturated rings. The van der Waals surface area contributed by atoms with Crippen LogP contribution in [0.3, 0.4) is 0 Å². The molecule has 0 aromatic heterocycles. The first-order valence-electron chi connectivity index (χ1n) is 8.63. The second kappa shape index (κ2) is 9.60. The monoisotopic (exact) mass is 417 g/mol. The first-order valence-corrected chi connectivity index (χ1v) is 8.63. The van der Waals surface area contributed by atoms with E-state index in [4.69, 9.17) is 4.74 Å². The maximum absolute atomic E-state index is 12.5. The molecular weight excluding hydrogens is 399 g/mol. The number of halogens is 3. The fourth-order valence-electron chi connectivity index (χ4n) is 2.32. The average Bonchev–Trinajstić information content (AvgIpc) is 2.70. The molecular formula is C21H18F3N3O3. The van der Waals surface area contributed by atoms with E-state index in [1.54, 1.807) is 18.2 Å². The van der Waals surface area contributed by atoms with Gasteiger partial charge in [0, 0.05) is 25.5 Å². The van der Waals surface area contributed by atoms with Gasteiger partial charge in [-0.15, -0.1) is 0 Å². The predicted octanol–water partition coefficient (Wildman–Crippen LogP) is 3.86. The van der Waals surface area contributed by atoms with Crippen LogP contribution in [0, 0.1) is 11.3 Å². The Hall–Kier alpha value is -3.80. The highest BCUT2D eigenvalue weighted by Crippen LogP contribution is 2.29. The smallest absolute Gasteiger partial charge is 0.416 e. The van der Waals surface area contributed by atoms with Crippen molar-refractivity contribution in [1.29, 1.82) is 5.26 Å². The number of carbonyl (C=O) groups excluding carboxylic acids is 2. The molecule has 0 radical (unpaired) electrons. The van der Waals surface area contributed by atoms with Crippen molar-refractivity contribution in [2.24, 2.45) is 0 Å². The summed E-state index contributed by atoms with van der Waals surface area (Å²) in [6.45, 7) is -0.696. The lowest BCUT2D eigenvalue weighted by atomic mass is 10.1. The van der Waals surface area contributed by atoms with Gasteiger partial charge in [0.25, 0.3) is 5.91 Å². The van der Waals surface area contributed by atoms with E-state index < -0.39 is 30.2 Å². The molecule has 0 saturated carbocycles. The van der Waals surface area contributed by atoms with Crippen LogP contribution in [-0.4, -0.2) is 32.6 Å². The zero-order valence-electron chi connectivity index (χ0n) is 16.2. The maximum Gasteiger partial charge on any atom is 0.416 e. The van der Waals surface area contributed by atoms with E-state index in [1.165, 1.54) is 6.08 Å². The molecule has 0 atom stereocenters. The number of ether oxygens (including phenoxy) is 1. The quantitative estimate of drug-likeness (QED) is 0.439. The van der Waals surface area contributed by atoms with E-state index in [9.17, 15) is 28.0 Å². The third-order valence-electron chi connectivity index (χ3n) is 3.89. The van der Waals surface area contributed by atoms with Gasteiger partial charge in [-0.3, -0.25) is 4.79 Å². The van der Waals surface area contributed by atoms with E-state index in [0.29, 0.717) is 5.56 Å². The predicted molar refractivity (Wildman–Crippen MR) is 105 cm³/mol. The van der Waals surface area contributed by atoms with Gasteiger partial charge in [-0.2, -0.15) is 18.4 Å². The summed E-state index contributed by atoms with van der Waals surface area (Å²) in [5.74, 6) is -1.74. The second-order valence-electron chi connectivity index (χ2n) is 6.36. The summed E-state index contributed by atoms with van der Waals surface area (Å²) in [6, 6.07) is 12.6. The lowest BCUT2D eigenvalue weighted by Crippen LogP contribution is -2.21. The van der Waals surface area contributed by atoms with Crippen LogP contribution < -0.4 is 10.2 Å². The van der Waals surface area contributed by atoms with E-state index >= 15 is 0 Å². The summed E-state index contributed by atoms with van der Waals surface area (Å²) >= 11 is 0. The number of alkyl halides is 3. The average molecular weight is 417 g/mol. The third kappa shape index (κ3) is 6.38. The van der Waals surface area contributed by atoms with Crippen molar-refractivity contribution in [2.75, 3.05) is 30.9 Å². The molecule has 0 aliphatic rings. The van der Waals surface area contributed by atoms with E-state index in [0.717, 1.165) is 30.0 Å². The highest BCUT2D eigenvalue weighted by atomic mass is 19.4. The minimum absolute atomic E-state index is 0.112. The number of anilines is 2. The van der Waals surface area contributed by atoms with Gasteiger partial charge in [0.1, 0.15) is 11.6 Å². The lowest BCUT2D eigenvalue weighted by Gasteiger charge is -2.11. The van der Waals surface area contributed by atoms with Crippen LogP contribution in [0.2, 0.25) is 0 Å². The number of hydrogen-bond acceptors (Lipinski definition) is 5. The Morgan fingerprint density at radius 2 is 1.70 bits per heavy atom. The molecule has 0 unspecified atom stereocenters. The summed E-state index contributed by atoms with van der Waals surface area (Å²) < 4.78 is 42.4. The Labute approximate surface area is 171 Å². The summed E-state index contributed by atoms with van der Waals surface area (Å²) in [6.07, 6.45) is -3.15. The number of hydrogen-bond donors (Lipinski definition) is 1. The van der Waals surface area contributed by atoms with Crippen LogP contribution in [0.1, 0.15) is 11.1 Å². The van der Waals surface area contributed by atoms with Gasteiger partial charge < -0.3 is 15.0 Å². The standard InChI is InChI=1S/C21H18F3N3O3/c1-27(2)18-9-3-14(4-10-18)11-15(12-25)20(29)30-13-19(28)26-17-7-5-16(6-8-17)21(22,23)24/h3-11H,13H2,1-2H3,(H,26,28)/b15-11+. The third-order valence-corrected chi connectivity index (χ3v) is 3.89. The van der Waals surface area contributed by atoms with Crippen LogP contribution in [0.4, 0.5) is 24.5 Å². The van der Waals surface area contributed by atoms with Crippen molar-refractivity contribution >= 4 is 29.3 Å². The van der Waals surface area contributed by atoms with Crippen molar-refractivity contribution in [3.8, 4) is 6.07 Å². The molecule has 0 aliphatic heterocycles. The Kier molecular flexibility index (Phi) is 7.20. The molecule has 2 aromatic carbocycles. The summed E-state index contributed by atoms with van der Waals surface area (Å²) in [5, 5.41) is 11.5. The SMILES string of the molecule is CN(C)c1ccc(/C=C(\C#N)C(=O)OCC(=O)Nc2ccc(C(F)(F)F)cc2)cc1. The van der Waals surface area contributed by atoms with Gasteiger partial charge >= 0.3 is 12.1 Å². The highest BCUT2D eigenvalue weighted by molar-refractivity contribution is 6.00. The molecule has 9 heteroatoms. The zero-order valence-corrected chi connectivity index (χ0v) is 16.2. The van der Waals surface area contributed by atoms with E-state index in [1.807, 2.05) is 31.1 Å². The molecule has 0 aliphatic carbocycles. The van der Waals surface area contributed by atoms with Crippen molar-refractivity contribution in [3.05, 3.63) is 65.2 Å². The van der Waals surface area contributed by atoms with Gasteiger partial charge in [0.05, 0.1) is 5.56 Å². The molecule has 2 rings (SSSR count). The number of nitrogens with one attached hydrogen (secondary N) is 1. The highest BCUT2D eigenvalue weighted by Gasteiger charge is 2.30. The van der Waals surface area contributed by atoms with Gasteiger partial charge in [0.15, 0.2) is 6.61 Å². The van der Waals surface area contributed by atoms with Gasteiger partial charge in [0.2, 0.25) is 0 Å². The van der Waals surface area contributed by atoms with E-state index in [2.05, 4.69) is 5.32 Å². The molecule has 0 heterocycles. The van der Waals surface area contributed by atoms with E-state index in [-0.39, 0.29) is 11.3 Å². The van der Waals surface area contributed by atoms with Crippen LogP contribution in [0.25, 0.3) is 6.08 Å². The Bertz CT molecular complexity index is 974. The number of nitrogens with zero attached hydrogens (tertiary/aromatic N) is 2. The van der Waals surface area contributed by atoms with Crippen LogP contribution in [0.15, 0.2) is 54.1 Å². The Balaban J connectivity index is 1.94. The largest absolute Gasteiger partial charge is 0.451 e. The van der Waals surface area contributed by atoms with Crippen molar-refractivity contribution in [3.63, 3.8) is 0 Å². The molecule has 6 nitrogen and oxygen atoms in total. The molecule has 2 aromatic rings. The van der Waals surface area contributed by atoms with Crippen LogP contribution in [-0.2, 0) is 20.5 Å². The molecule has 0 saturated heterocycles. The minimum atomic E-state index is -4.48. The van der Waals surface area contributed by atoms with Crippen molar-refractivity contribution < 1.29 is 27.5 Å². The minimum Gasteiger partial charge on any atom is -0.451 e. The molecule has 156 valence electrons. The molecule has 0 bridgehead atoms. The summed E-state index contributed by atoms with van der Waals surface area (Å²) in [4.78, 5) is 25.8. The number of esters is 1. The van der Waals surface area contributed by atoms with Crippen molar-refractivity contribution in [2.45, 2.75) is 6.18 Å². The van der Waals surface area contributed by atoms with Gasteiger partial charge in [-0.1, -0.05) is 12.1 Å². The number of benzene rings is 2. The fraction of sp³-hybridized carbons (Fsp3) is 0.190. The number of amides is 1. The van der Waals surface area contributed by atoms with Crippen LogP contribution >= 0.6 is 0 Å². The van der Waals surface area contributed by atoms with Gasteiger partial charge in [-0.05, 0) is 48.0 Å². The summed E-state index contributed by atoms with van der Waals surface area (Å²) in [5.41, 5.74) is 0.502. The summed E-state index contributed by atoms with van der Waals surface area (Å²) in [7, 11) is 3.75. The molecule has 0 spiro atoms. The number of carbonyl (C=O) groups is 2. The lowest BCUT2D eigenvalue weighted by molar-refractivity contribution is -0.142. The van der Waals surface area contributed by atoms with Crippen LogP contribution in [0.5, 0.6) is 0 Å². The number of rotatable bonds is 6. The Morgan fingerprint density at radius 1 is 1.10 bits per heavy atom. The Morgan fingerprint density at radius 3 is 2.20 bits per heavy atom. The topological polar surface area (TPSA) is 82.4 Å². The van der Waals surface area contributed by atoms with Crippen molar-refractivity contribution in [1.82, 2.24) is 0 Å².